The zero-order chi connectivity index (χ0) is 14.9. The highest BCUT2D eigenvalue weighted by molar-refractivity contribution is 9.10. The first-order valence-corrected chi connectivity index (χ1v) is 8.25. The Morgan fingerprint density at radius 1 is 1.50 bits per heavy atom. The minimum atomic E-state index is -4.02. The van der Waals surface area contributed by atoms with E-state index in [2.05, 4.69) is 21.2 Å². The molecule has 1 N–H and O–H groups in total. The number of benzene rings is 1. The van der Waals surface area contributed by atoms with Crippen molar-refractivity contribution in [1.82, 2.24) is 9.62 Å². The number of carbonyl (C=O) groups is 1. The predicted octanol–water partition coefficient (Wildman–Crippen LogP) is 1.49. The van der Waals surface area contributed by atoms with Crippen molar-refractivity contribution in [2.45, 2.75) is 23.8 Å². The quantitative estimate of drug-likeness (QED) is 0.860. The van der Waals surface area contributed by atoms with Crippen LogP contribution in [0.4, 0.5) is 4.39 Å². The van der Waals surface area contributed by atoms with Gasteiger partial charge in [0.15, 0.2) is 0 Å². The molecule has 0 atom stereocenters. The molecule has 1 aliphatic carbocycles. The Morgan fingerprint density at radius 3 is 2.70 bits per heavy atom. The van der Waals surface area contributed by atoms with E-state index in [4.69, 9.17) is 0 Å². The molecule has 110 valence electrons. The van der Waals surface area contributed by atoms with Crippen LogP contribution in [0.3, 0.4) is 0 Å². The van der Waals surface area contributed by atoms with E-state index in [1.807, 2.05) is 0 Å². The van der Waals surface area contributed by atoms with Crippen molar-refractivity contribution in [2.24, 2.45) is 0 Å². The van der Waals surface area contributed by atoms with E-state index in [-0.39, 0.29) is 18.5 Å². The molecule has 1 amide bonds. The van der Waals surface area contributed by atoms with Gasteiger partial charge >= 0.3 is 0 Å². The summed E-state index contributed by atoms with van der Waals surface area (Å²) >= 11 is 3.06. The fraction of sp³-hybridized carbons (Fsp3) is 0.417. The van der Waals surface area contributed by atoms with Crippen molar-refractivity contribution in [3.63, 3.8) is 0 Å². The smallest absolute Gasteiger partial charge is 0.246 e. The van der Waals surface area contributed by atoms with Crippen molar-refractivity contribution < 1.29 is 17.6 Å². The highest BCUT2D eigenvalue weighted by Crippen LogP contribution is 2.22. The van der Waals surface area contributed by atoms with Crippen LogP contribution in [0, 0.1) is 5.82 Å². The van der Waals surface area contributed by atoms with Crippen molar-refractivity contribution >= 4 is 31.9 Å². The number of nitrogens with zero attached hydrogens (tertiary/aromatic N) is 1. The average Bonchev–Trinajstić information content (AvgIpc) is 3.11. The summed E-state index contributed by atoms with van der Waals surface area (Å²) in [5, 5.41) is 2.69. The van der Waals surface area contributed by atoms with Crippen molar-refractivity contribution in [1.29, 1.82) is 0 Å². The maximum absolute atomic E-state index is 13.7. The van der Waals surface area contributed by atoms with E-state index in [9.17, 15) is 17.6 Å². The summed E-state index contributed by atoms with van der Waals surface area (Å²) in [6, 6.07) is 3.84. The van der Waals surface area contributed by atoms with Crippen LogP contribution in [0.15, 0.2) is 27.6 Å². The van der Waals surface area contributed by atoms with Gasteiger partial charge in [-0.25, -0.2) is 12.8 Å². The van der Waals surface area contributed by atoms with Gasteiger partial charge in [0.25, 0.3) is 0 Å². The molecule has 2 rings (SSSR count). The summed E-state index contributed by atoms with van der Waals surface area (Å²) < 4.78 is 39.4. The number of amides is 1. The first kappa shape index (κ1) is 15.4. The van der Waals surface area contributed by atoms with Gasteiger partial charge in [-0.2, -0.15) is 4.31 Å². The third-order valence-corrected chi connectivity index (χ3v) is 5.22. The highest BCUT2D eigenvalue weighted by Gasteiger charge is 2.28. The molecule has 1 aromatic carbocycles. The third kappa shape index (κ3) is 3.56. The fourth-order valence-electron chi connectivity index (χ4n) is 1.64. The zero-order valence-electron chi connectivity index (χ0n) is 10.8. The zero-order valence-corrected chi connectivity index (χ0v) is 13.2. The molecule has 0 bridgehead atoms. The van der Waals surface area contributed by atoms with Gasteiger partial charge < -0.3 is 5.32 Å². The molecule has 0 unspecified atom stereocenters. The fourth-order valence-corrected chi connectivity index (χ4v) is 3.14. The number of rotatable bonds is 5. The Labute approximate surface area is 125 Å². The molecule has 8 heteroatoms. The average molecular weight is 365 g/mol. The van der Waals surface area contributed by atoms with E-state index in [0.717, 1.165) is 23.2 Å². The number of hydrogen-bond acceptors (Lipinski definition) is 3. The van der Waals surface area contributed by atoms with Crippen LogP contribution in [-0.4, -0.2) is 38.3 Å². The number of nitrogens with one attached hydrogen (secondary N) is 1. The lowest BCUT2D eigenvalue weighted by Gasteiger charge is -2.17. The van der Waals surface area contributed by atoms with Crippen LogP contribution < -0.4 is 5.32 Å². The Bertz CT molecular complexity index is 632. The van der Waals surface area contributed by atoms with Gasteiger partial charge in [-0.1, -0.05) is 15.9 Å². The standard InChI is InChI=1S/C12H14BrFN2O3S/c1-16(7-12(17)15-9-3-4-9)20(18,19)11-5-2-8(13)6-10(11)14/h2,5-6,9H,3-4,7H2,1H3,(H,15,17). The molecule has 0 aliphatic heterocycles. The van der Waals surface area contributed by atoms with Gasteiger partial charge in [0.1, 0.15) is 10.7 Å². The minimum absolute atomic E-state index is 0.156. The van der Waals surface area contributed by atoms with E-state index >= 15 is 0 Å². The summed E-state index contributed by atoms with van der Waals surface area (Å²) in [4.78, 5) is 11.2. The van der Waals surface area contributed by atoms with Crippen LogP contribution in [0.2, 0.25) is 0 Å². The van der Waals surface area contributed by atoms with Gasteiger partial charge in [0.2, 0.25) is 15.9 Å². The van der Waals surface area contributed by atoms with Crippen LogP contribution in [0.1, 0.15) is 12.8 Å². The summed E-state index contributed by atoms with van der Waals surface area (Å²) in [5.74, 6) is -1.23. The maximum Gasteiger partial charge on any atom is 0.246 e. The number of sulfonamides is 1. The SMILES string of the molecule is CN(CC(=O)NC1CC1)S(=O)(=O)c1ccc(Br)cc1F. The van der Waals surface area contributed by atoms with Crippen molar-refractivity contribution in [2.75, 3.05) is 13.6 Å². The van der Waals surface area contributed by atoms with Crippen molar-refractivity contribution in [3.8, 4) is 0 Å². The molecule has 0 radical (unpaired) electrons. The highest BCUT2D eigenvalue weighted by atomic mass is 79.9. The van der Waals surface area contributed by atoms with Gasteiger partial charge in [0, 0.05) is 17.6 Å². The van der Waals surface area contributed by atoms with E-state index in [1.54, 1.807) is 0 Å². The molecule has 20 heavy (non-hydrogen) atoms. The monoisotopic (exact) mass is 364 g/mol. The minimum Gasteiger partial charge on any atom is -0.352 e. The molecule has 0 aromatic heterocycles. The Hall–Kier alpha value is -0.990. The second-order valence-electron chi connectivity index (χ2n) is 4.68. The molecular weight excluding hydrogens is 351 g/mol. The molecule has 1 saturated carbocycles. The Morgan fingerprint density at radius 2 is 2.15 bits per heavy atom. The summed E-state index contributed by atoms with van der Waals surface area (Å²) in [7, 11) is -2.77. The largest absolute Gasteiger partial charge is 0.352 e. The predicted molar refractivity (Wildman–Crippen MR) is 75.1 cm³/mol. The molecule has 0 heterocycles. The third-order valence-electron chi connectivity index (χ3n) is 2.89. The van der Waals surface area contributed by atoms with Gasteiger partial charge in [-0.15, -0.1) is 0 Å². The molecule has 1 aromatic rings. The second-order valence-corrected chi connectivity index (χ2v) is 7.61. The van der Waals surface area contributed by atoms with Gasteiger partial charge in [0.05, 0.1) is 6.54 Å². The van der Waals surface area contributed by atoms with E-state index in [0.29, 0.717) is 4.47 Å². The van der Waals surface area contributed by atoms with E-state index in [1.165, 1.54) is 19.2 Å². The Balaban J connectivity index is 2.13. The van der Waals surface area contributed by atoms with Crippen LogP contribution in [0.5, 0.6) is 0 Å². The first-order chi connectivity index (χ1) is 9.30. The maximum atomic E-state index is 13.7. The molecule has 0 spiro atoms. The molecular formula is C12H14BrFN2O3S. The first-order valence-electron chi connectivity index (χ1n) is 6.01. The van der Waals surface area contributed by atoms with Crippen LogP contribution in [0.25, 0.3) is 0 Å². The summed E-state index contributed by atoms with van der Waals surface area (Å²) in [6.45, 7) is -0.325. The number of likely N-dealkylation sites (N-methyl/N-ethyl adjacent to an activating group) is 1. The van der Waals surface area contributed by atoms with Gasteiger partial charge in [-0.3, -0.25) is 4.79 Å². The molecule has 1 aliphatic rings. The number of hydrogen-bond donors (Lipinski definition) is 1. The lowest BCUT2D eigenvalue weighted by atomic mass is 10.3. The van der Waals surface area contributed by atoms with Gasteiger partial charge in [-0.05, 0) is 31.0 Å². The number of halogens is 2. The van der Waals surface area contributed by atoms with Crippen LogP contribution in [-0.2, 0) is 14.8 Å². The molecule has 0 saturated heterocycles. The normalized spacial score (nSPS) is 15.4. The molecule has 5 nitrogen and oxygen atoms in total. The van der Waals surface area contributed by atoms with Crippen LogP contribution >= 0.6 is 15.9 Å². The van der Waals surface area contributed by atoms with Crippen molar-refractivity contribution in [3.05, 3.63) is 28.5 Å². The number of carbonyl (C=O) groups excluding carboxylic acids is 1. The lowest BCUT2D eigenvalue weighted by molar-refractivity contribution is -0.121. The lowest BCUT2D eigenvalue weighted by Crippen LogP contribution is -2.39. The molecule has 1 fully saturated rings. The topological polar surface area (TPSA) is 66.5 Å². The second kappa shape index (κ2) is 5.79. The summed E-state index contributed by atoms with van der Waals surface area (Å²) in [5.41, 5.74) is 0. The summed E-state index contributed by atoms with van der Waals surface area (Å²) in [6.07, 6.45) is 1.84. The Kier molecular flexibility index (Phi) is 4.46. The van der Waals surface area contributed by atoms with E-state index < -0.39 is 20.7 Å².